The highest BCUT2D eigenvalue weighted by molar-refractivity contribution is 6.29. The zero-order valence-electron chi connectivity index (χ0n) is 14.6. The van der Waals surface area contributed by atoms with Gasteiger partial charge < -0.3 is 15.8 Å². The Labute approximate surface area is 153 Å². The van der Waals surface area contributed by atoms with E-state index in [1.165, 1.54) is 12.0 Å². The van der Waals surface area contributed by atoms with Crippen LogP contribution < -0.4 is 15.8 Å². The average molecular weight is 362 g/mol. The van der Waals surface area contributed by atoms with Gasteiger partial charge in [-0.15, -0.1) is 0 Å². The van der Waals surface area contributed by atoms with Gasteiger partial charge in [-0.25, -0.2) is 4.98 Å². The molecule has 25 heavy (non-hydrogen) atoms. The van der Waals surface area contributed by atoms with Gasteiger partial charge in [-0.05, 0) is 50.0 Å². The van der Waals surface area contributed by atoms with Crippen molar-refractivity contribution in [3.63, 3.8) is 0 Å². The first-order chi connectivity index (χ1) is 12.1. The minimum Gasteiger partial charge on any atom is -0.497 e. The van der Waals surface area contributed by atoms with E-state index in [0.717, 1.165) is 25.3 Å². The minimum absolute atomic E-state index is 0.183. The van der Waals surface area contributed by atoms with Crippen molar-refractivity contribution in [3.05, 3.63) is 41.0 Å². The van der Waals surface area contributed by atoms with Crippen LogP contribution in [0.5, 0.6) is 5.75 Å². The van der Waals surface area contributed by atoms with E-state index in [4.69, 9.17) is 22.1 Å². The molecule has 0 spiro atoms. The SMILES string of the molecule is COc1ccc(C2C(CNc3cc(Cl)nc(N)n3)CCCN2C)cc1. The Hall–Kier alpha value is -2.05. The van der Waals surface area contributed by atoms with Gasteiger partial charge in [0.1, 0.15) is 16.7 Å². The summed E-state index contributed by atoms with van der Waals surface area (Å²) in [6, 6.07) is 10.4. The van der Waals surface area contributed by atoms with Gasteiger partial charge in [0.15, 0.2) is 0 Å². The third-order valence-corrected chi connectivity index (χ3v) is 4.92. The fraction of sp³-hybridized carbons (Fsp3) is 0.444. The molecule has 1 aliphatic heterocycles. The van der Waals surface area contributed by atoms with Crippen LogP contribution in [-0.4, -0.2) is 42.1 Å². The number of methoxy groups -OCH3 is 1. The van der Waals surface area contributed by atoms with Crippen molar-refractivity contribution >= 4 is 23.4 Å². The van der Waals surface area contributed by atoms with E-state index < -0.39 is 0 Å². The molecule has 2 heterocycles. The highest BCUT2D eigenvalue weighted by atomic mass is 35.5. The zero-order chi connectivity index (χ0) is 17.8. The number of nitrogens with one attached hydrogen (secondary N) is 1. The lowest BCUT2D eigenvalue weighted by molar-refractivity contribution is 0.128. The lowest BCUT2D eigenvalue weighted by Gasteiger charge is -2.39. The van der Waals surface area contributed by atoms with Crippen LogP contribution in [0, 0.1) is 5.92 Å². The van der Waals surface area contributed by atoms with E-state index in [-0.39, 0.29) is 5.95 Å². The van der Waals surface area contributed by atoms with Crippen LogP contribution >= 0.6 is 11.6 Å². The van der Waals surface area contributed by atoms with Gasteiger partial charge in [0, 0.05) is 18.7 Å². The van der Waals surface area contributed by atoms with Crippen molar-refractivity contribution in [3.8, 4) is 5.75 Å². The lowest BCUT2D eigenvalue weighted by Crippen LogP contribution is -2.39. The first-order valence-corrected chi connectivity index (χ1v) is 8.82. The highest BCUT2D eigenvalue weighted by Crippen LogP contribution is 2.35. The largest absolute Gasteiger partial charge is 0.497 e. The van der Waals surface area contributed by atoms with E-state index in [9.17, 15) is 0 Å². The molecular weight excluding hydrogens is 338 g/mol. The predicted octanol–water partition coefficient (Wildman–Crippen LogP) is 3.22. The van der Waals surface area contributed by atoms with Crippen LogP contribution in [0.1, 0.15) is 24.4 Å². The Bertz CT molecular complexity index is 689. The summed E-state index contributed by atoms with van der Waals surface area (Å²) in [4.78, 5) is 10.5. The molecule has 1 aromatic carbocycles. The zero-order valence-corrected chi connectivity index (χ0v) is 15.3. The summed E-state index contributed by atoms with van der Waals surface area (Å²) in [6.07, 6.45) is 2.34. The van der Waals surface area contributed by atoms with Gasteiger partial charge in [0.05, 0.1) is 7.11 Å². The maximum Gasteiger partial charge on any atom is 0.223 e. The molecule has 0 radical (unpaired) electrons. The number of nitrogens with zero attached hydrogens (tertiary/aromatic N) is 3. The number of ether oxygens (including phenoxy) is 1. The second-order valence-corrected chi connectivity index (χ2v) is 6.80. The molecule has 6 nitrogen and oxygen atoms in total. The molecule has 0 aliphatic carbocycles. The molecule has 7 heteroatoms. The number of aromatic nitrogens is 2. The van der Waals surface area contributed by atoms with Gasteiger partial charge >= 0.3 is 0 Å². The van der Waals surface area contributed by atoms with E-state index in [2.05, 4.69) is 39.4 Å². The summed E-state index contributed by atoms with van der Waals surface area (Å²) >= 11 is 5.96. The number of hydrogen-bond acceptors (Lipinski definition) is 6. The number of nitrogen functional groups attached to an aromatic ring is 1. The monoisotopic (exact) mass is 361 g/mol. The van der Waals surface area contributed by atoms with Crippen molar-refractivity contribution in [2.75, 3.05) is 38.3 Å². The van der Waals surface area contributed by atoms with E-state index >= 15 is 0 Å². The number of halogens is 1. The van der Waals surface area contributed by atoms with Crippen LogP contribution in [0.3, 0.4) is 0 Å². The highest BCUT2D eigenvalue weighted by Gasteiger charge is 2.30. The van der Waals surface area contributed by atoms with Crippen molar-refractivity contribution in [2.45, 2.75) is 18.9 Å². The van der Waals surface area contributed by atoms with Gasteiger partial charge in [-0.3, -0.25) is 4.90 Å². The molecule has 1 aromatic heterocycles. The Balaban J connectivity index is 1.74. The molecule has 0 amide bonds. The third-order valence-electron chi connectivity index (χ3n) is 4.72. The van der Waals surface area contributed by atoms with Crippen molar-refractivity contribution < 1.29 is 4.74 Å². The molecule has 2 unspecified atom stereocenters. The number of likely N-dealkylation sites (tertiary alicyclic amines) is 1. The van der Waals surface area contributed by atoms with Crippen LogP contribution in [0.4, 0.5) is 11.8 Å². The standard InChI is InChI=1S/C18H24ClN5O/c1-24-9-3-4-13(11-21-16-10-15(19)22-18(20)23-16)17(24)12-5-7-14(25-2)8-6-12/h5-8,10,13,17H,3-4,9,11H2,1-2H3,(H3,20,21,22,23). The van der Waals surface area contributed by atoms with Gasteiger partial charge in [0.25, 0.3) is 0 Å². The fourth-order valence-electron chi connectivity index (χ4n) is 3.56. The van der Waals surface area contributed by atoms with Gasteiger partial charge in [-0.1, -0.05) is 23.7 Å². The lowest BCUT2D eigenvalue weighted by atomic mass is 9.85. The number of piperidine rings is 1. The number of anilines is 2. The molecule has 3 N–H and O–H groups in total. The minimum atomic E-state index is 0.183. The quantitative estimate of drug-likeness (QED) is 0.796. The summed E-state index contributed by atoms with van der Waals surface area (Å²) in [5.74, 6) is 2.19. The van der Waals surface area contributed by atoms with Crippen LogP contribution in [0.2, 0.25) is 5.15 Å². The van der Waals surface area contributed by atoms with Crippen molar-refractivity contribution in [1.82, 2.24) is 14.9 Å². The smallest absolute Gasteiger partial charge is 0.223 e. The Morgan fingerprint density at radius 1 is 1.32 bits per heavy atom. The number of benzene rings is 1. The maximum absolute atomic E-state index is 5.96. The van der Waals surface area contributed by atoms with E-state index in [1.807, 2.05) is 12.1 Å². The first kappa shape index (κ1) is 17.8. The number of nitrogens with two attached hydrogens (primary N) is 1. The Morgan fingerprint density at radius 2 is 2.08 bits per heavy atom. The fourth-order valence-corrected chi connectivity index (χ4v) is 3.75. The van der Waals surface area contributed by atoms with Crippen LogP contribution in [0.15, 0.2) is 30.3 Å². The Morgan fingerprint density at radius 3 is 2.76 bits per heavy atom. The molecule has 1 fully saturated rings. The third kappa shape index (κ3) is 4.32. The summed E-state index contributed by atoms with van der Waals surface area (Å²) in [7, 11) is 3.87. The maximum atomic E-state index is 5.96. The van der Waals surface area contributed by atoms with Gasteiger partial charge in [-0.2, -0.15) is 4.98 Å². The second-order valence-electron chi connectivity index (χ2n) is 6.42. The Kier molecular flexibility index (Phi) is 5.60. The molecule has 134 valence electrons. The molecule has 0 bridgehead atoms. The van der Waals surface area contributed by atoms with Gasteiger partial charge in [0.2, 0.25) is 5.95 Å². The summed E-state index contributed by atoms with van der Waals surface area (Å²) in [5.41, 5.74) is 6.97. The normalized spacial score (nSPS) is 21.1. The topological polar surface area (TPSA) is 76.3 Å². The number of hydrogen-bond donors (Lipinski definition) is 2. The number of rotatable bonds is 5. The van der Waals surface area contributed by atoms with Crippen LogP contribution in [0.25, 0.3) is 0 Å². The average Bonchev–Trinajstić information content (AvgIpc) is 2.59. The molecule has 3 rings (SSSR count). The molecule has 2 aromatic rings. The molecular formula is C18H24ClN5O. The molecule has 1 aliphatic rings. The van der Waals surface area contributed by atoms with Crippen LogP contribution in [-0.2, 0) is 0 Å². The molecule has 1 saturated heterocycles. The van der Waals surface area contributed by atoms with E-state index in [1.54, 1.807) is 13.2 Å². The van der Waals surface area contributed by atoms with Crippen molar-refractivity contribution in [2.24, 2.45) is 5.92 Å². The second kappa shape index (κ2) is 7.89. The summed E-state index contributed by atoms with van der Waals surface area (Å²) in [5, 5.41) is 3.72. The summed E-state index contributed by atoms with van der Waals surface area (Å²) < 4.78 is 5.27. The molecule has 2 atom stereocenters. The predicted molar refractivity (Wildman–Crippen MR) is 101 cm³/mol. The van der Waals surface area contributed by atoms with E-state index in [0.29, 0.717) is 22.9 Å². The molecule has 0 saturated carbocycles. The first-order valence-electron chi connectivity index (χ1n) is 8.45. The summed E-state index contributed by atoms with van der Waals surface area (Å²) in [6.45, 7) is 1.90. The van der Waals surface area contributed by atoms with Crippen molar-refractivity contribution in [1.29, 1.82) is 0 Å².